The van der Waals surface area contributed by atoms with Crippen LogP contribution < -0.4 is 19.1 Å². The monoisotopic (exact) mass is 424 g/mol. The van der Waals surface area contributed by atoms with Gasteiger partial charge in [0.05, 0.1) is 45.8 Å². The lowest BCUT2D eigenvalue weighted by atomic mass is 10.0. The summed E-state index contributed by atoms with van der Waals surface area (Å²) in [4.78, 5) is 30.2. The molecular weight excluding hydrogens is 400 g/mol. The summed E-state index contributed by atoms with van der Waals surface area (Å²) >= 11 is 0. The number of anilines is 1. The Labute approximate surface area is 180 Å². The fourth-order valence-corrected chi connectivity index (χ4v) is 3.82. The first kappa shape index (κ1) is 20.7. The molecule has 0 saturated carbocycles. The van der Waals surface area contributed by atoms with E-state index in [1.165, 1.54) is 12.0 Å². The molecule has 2 aromatic carbocycles. The molecule has 1 fully saturated rings. The lowest BCUT2D eigenvalue weighted by molar-refractivity contribution is -0.121. The number of carbonyl (C=O) groups is 2. The van der Waals surface area contributed by atoms with E-state index < -0.39 is 0 Å². The van der Waals surface area contributed by atoms with Crippen molar-refractivity contribution < 1.29 is 28.5 Å². The number of imide groups is 1. The molecule has 31 heavy (non-hydrogen) atoms. The lowest BCUT2D eigenvalue weighted by Crippen LogP contribution is -2.40. The highest BCUT2D eigenvalue weighted by Crippen LogP contribution is 2.38. The minimum Gasteiger partial charge on any atom is -0.497 e. The van der Waals surface area contributed by atoms with Crippen molar-refractivity contribution in [3.8, 4) is 17.2 Å². The summed E-state index contributed by atoms with van der Waals surface area (Å²) in [5, 5.41) is 0. The van der Waals surface area contributed by atoms with Crippen molar-refractivity contribution in [2.24, 2.45) is 0 Å². The SMILES string of the molecule is COc1ccc(N2C(=O)C(c3ccc(OC)c(OC)c3)=C(N3CCOCC3)C2=O)cc1. The van der Waals surface area contributed by atoms with Gasteiger partial charge in [0, 0.05) is 13.1 Å². The Morgan fingerprint density at radius 1 is 0.806 bits per heavy atom. The zero-order valence-corrected chi connectivity index (χ0v) is 17.7. The van der Waals surface area contributed by atoms with Crippen molar-refractivity contribution in [1.29, 1.82) is 0 Å². The van der Waals surface area contributed by atoms with Crippen LogP contribution in [0.2, 0.25) is 0 Å². The molecule has 162 valence electrons. The largest absolute Gasteiger partial charge is 0.497 e. The van der Waals surface area contributed by atoms with E-state index in [2.05, 4.69) is 0 Å². The zero-order chi connectivity index (χ0) is 22.0. The summed E-state index contributed by atoms with van der Waals surface area (Å²) in [7, 11) is 4.64. The topological polar surface area (TPSA) is 77.5 Å². The molecule has 2 aliphatic heterocycles. The highest BCUT2D eigenvalue weighted by Gasteiger charge is 2.43. The molecule has 0 aromatic heterocycles. The number of hydrogen-bond donors (Lipinski definition) is 0. The van der Waals surface area contributed by atoms with Crippen LogP contribution in [-0.4, -0.2) is 64.3 Å². The fourth-order valence-electron chi connectivity index (χ4n) is 3.82. The van der Waals surface area contributed by atoms with Gasteiger partial charge in [0.2, 0.25) is 0 Å². The number of amides is 2. The van der Waals surface area contributed by atoms with Gasteiger partial charge >= 0.3 is 0 Å². The number of nitrogens with zero attached hydrogens (tertiary/aromatic N) is 2. The Bertz CT molecular complexity index is 1020. The number of rotatable bonds is 6. The van der Waals surface area contributed by atoms with Crippen LogP contribution in [0.1, 0.15) is 5.56 Å². The Balaban J connectivity index is 1.82. The summed E-state index contributed by atoms with van der Waals surface area (Å²) in [5.41, 5.74) is 1.78. The molecule has 2 amide bonds. The first-order valence-corrected chi connectivity index (χ1v) is 9.91. The van der Waals surface area contributed by atoms with Crippen LogP contribution >= 0.6 is 0 Å². The molecule has 8 heteroatoms. The van der Waals surface area contributed by atoms with Crippen molar-refractivity contribution in [2.45, 2.75) is 0 Å². The molecule has 4 rings (SSSR count). The van der Waals surface area contributed by atoms with Crippen LogP contribution in [0.3, 0.4) is 0 Å². The van der Waals surface area contributed by atoms with E-state index in [1.54, 1.807) is 56.7 Å². The number of carbonyl (C=O) groups excluding carboxylic acids is 2. The summed E-state index contributed by atoms with van der Waals surface area (Å²) in [5.74, 6) is 0.926. The van der Waals surface area contributed by atoms with Crippen LogP contribution in [0.5, 0.6) is 17.2 Å². The molecular formula is C23H24N2O6. The van der Waals surface area contributed by atoms with Gasteiger partial charge in [-0.15, -0.1) is 0 Å². The van der Waals surface area contributed by atoms with Crippen LogP contribution in [0, 0.1) is 0 Å². The average Bonchev–Trinajstić information content (AvgIpc) is 3.09. The zero-order valence-electron chi connectivity index (χ0n) is 17.7. The first-order chi connectivity index (χ1) is 15.1. The lowest BCUT2D eigenvalue weighted by Gasteiger charge is -2.29. The smallest absolute Gasteiger partial charge is 0.282 e. The molecule has 0 aliphatic carbocycles. The summed E-state index contributed by atoms with van der Waals surface area (Å²) in [6, 6.07) is 12.0. The number of morpholine rings is 1. The van der Waals surface area contributed by atoms with E-state index in [-0.39, 0.29) is 11.8 Å². The van der Waals surface area contributed by atoms with Crippen molar-refractivity contribution in [3.05, 3.63) is 53.7 Å². The van der Waals surface area contributed by atoms with Gasteiger partial charge < -0.3 is 23.8 Å². The molecule has 1 saturated heterocycles. The summed E-state index contributed by atoms with van der Waals surface area (Å²) in [6.07, 6.45) is 0. The van der Waals surface area contributed by atoms with E-state index in [0.29, 0.717) is 66.1 Å². The van der Waals surface area contributed by atoms with E-state index in [0.717, 1.165) is 0 Å². The Hall–Kier alpha value is -3.52. The van der Waals surface area contributed by atoms with Crippen LogP contribution in [0.15, 0.2) is 48.2 Å². The fraction of sp³-hybridized carbons (Fsp3) is 0.304. The third-order valence-corrected chi connectivity index (χ3v) is 5.39. The van der Waals surface area contributed by atoms with E-state index >= 15 is 0 Å². The standard InChI is InChI=1S/C23H24N2O6/c1-28-17-7-5-16(6-8-17)25-22(26)20(15-4-9-18(29-2)19(14-15)30-3)21(23(25)27)24-10-12-31-13-11-24/h4-9,14H,10-13H2,1-3H3. The summed E-state index contributed by atoms with van der Waals surface area (Å²) in [6.45, 7) is 2.04. The molecule has 2 aromatic rings. The van der Waals surface area contributed by atoms with Gasteiger partial charge in [-0.05, 0) is 42.0 Å². The van der Waals surface area contributed by atoms with Gasteiger partial charge in [-0.2, -0.15) is 0 Å². The van der Waals surface area contributed by atoms with Crippen LogP contribution in [0.4, 0.5) is 5.69 Å². The Morgan fingerprint density at radius 3 is 2.10 bits per heavy atom. The molecule has 0 atom stereocenters. The van der Waals surface area contributed by atoms with Gasteiger partial charge in [-0.1, -0.05) is 6.07 Å². The second-order valence-corrected chi connectivity index (χ2v) is 7.04. The maximum atomic E-state index is 13.6. The van der Waals surface area contributed by atoms with Crippen LogP contribution in [0.25, 0.3) is 5.57 Å². The van der Waals surface area contributed by atoms with Crippen molar-refractivity contribution in [3.63, 3.8) is 0 Å². The number of methoxy groups -OCH3 is 3. The minimum absolute atomic E-state index is 0.337. The normalized spacial score (nSPS) is 16.7. The predicted molar refractivity (Wildman–Crippen MR) is 114 cm³/mol. The predicted octanol–water partition coefficient (Wildman–Crippen LogP) is 2.33. The van der Waals surface area contributed by atoms with Gasteiger partial charge in [-0.3, -0.25) is 9.59 Å². The minimum atomic E-state index is -0.385. The van der Waals surface area contributed by atoms with E-state index in [4.69, 9.17) is 18.9 Å². The molecule has 8 nitrogen and oxygen atoms in total. The highest BCUT2D eigenvalue weighted by atomic mass is 16.5. The maximum absolute atomic E-state index is 13.6. The quantitative estimate of drug-likeness (QED) is 0.659. The van der Waals surface area contributed by atoms with E-state index in [1.807, 2.05) is 4.90 Å². The second-order valence-electron chi connectivity index (χ2n) is 7.04. The molecule has 0 bridgehead atoms. The molecule has 2 heterocycles. The molecule has 0 radical (unpaired) electrons. The third kappa shape index (κ3) is 3.70. The van der Waals surface area contributed by atoms with Crippen molar-refractivity contribution >= 4 is 23.1 Å². The Kier molecular flexibility index (Phi) is 5.81. The third-order valence-electron chi connectivity index (χ3n) is 5.39. The highest BCUT2D eigenvalue weighted by molar-refractivity contribution is 6.45. The maximum Gasteiger partial charge on any atom is 0.282 e. The Morgan fingerprint density at radius 2 is 1.48 bits per heavy atom. The van der Waals surface area contributed by atoms with Crippen LogP contribution in [-0.2, 0) is 14.3 Å². The van der Waals surface area contributed by atoms with E-state index in [9.17, 15) is 9.59 Å². The van der Waals surface area contributed by atoms with Gasteiger partial charge in [0.25, 0.3) is 11.8 Å². The van der Waals surface area contributed by atoms with Gasteiger partial charge in [-0.25, -0.2) is 4.90 Å². The molecule has 0 N–H and O–H groups in total. The number of hydrogen-bond acceptors (Lipinski definition) is 7. The van der Waals surface area contributed by atoms with Gasteiger partial charge in [0.15, 0.2) is 11.5 Å². The van der Waals surface area contributed by atoms with Gasteiger partial charge in [0.1, 0.15) is 11.4 Å². The molecule has 2 aliphatic rings. The number of ether oxygens (including phenoxy) is 4. The first-order valence-electron chi connectivity index (χ1n) is 9.91. The number of benzene rings is 2. The summed E-state index contributed by atoms with van der Waals surface area (Å²) < 4.78 is 21.4. The average molecular weight is 424 g/mol. The van der Waals surface area contributed by atoms with Crippen molar-refractivity contribution in [2.75, 3.05) is 52.5 Å². The second kappa shape index (κ2) is 8.69. The molecule has 0 spiro atoms. The molecule has 0 unspecified atom stereocenters. The van der Waals surface area contributed by atoms with Crippen molar-refractivity contribution in [1.82, 2.24) is 4.90 Å².